The summed E-state index contributed by atoms with van der Waals surface area (Å²) in [4.78, 5) is 51.4. The number of carbonyl (C=O) groups is 4. The second-order valence-electron chi connectivity index (χ2n) is 13.3. The molecule has 0 bridgehead atoms. The zero-order valence-electron chi connectivity index (χ0n) is 28.6. The quantitative estimate of drug-likeness (QED) is 0.128. The minimum atomic E-state index is -0.842. The van der Waals surface area contributed by atoms with E-state index in [-0.39, 0.29) is 36.7 Å². The van der Waals surface area contributed by atoms with E-state index in [9.17, 15) is 19.2 Å². The van der Waals surface area contributed by atoms with Gasteiger partial charge in [-0.15, -0.1) is 0 Å². The molecule has 262 valence electrons. The third kappa shape index (κ3) is 12.5. The molecule has 0 radical (unpaired) electrons. The number of hydrogen-bond acceptors (Lipinski definition) is 7. The van der Waals surface area contributed by atoms with E-state index in [0.717, 1.165) is 40.4 Å². The van der Waals surface area contributed by atoms with Crippen LogP contribution in [0.3, 0.4) is 0 Å². The number of carbonyl (C=O) groups excluding carboxylic acids is 4. The molecule has 0 saturated heterocycles. The van der Waals surface area contributed by atoms with E-state index >= 15 is 0 Å². The normalized spacial score (nSPS) is 16.5. The van der Waals surface area contributed by atoms with Crippen LogP contribution in [0.5, 0.6) is 5.75 Å². The molecule has 10 nitrogen and oxygen atoms in total. The van der Waals surface area contributed by atoms with Gasteiger partial charge in [-0.2, -0.15) is 0 Å². The van der Waals surface area contributed by atoms with Crippen molar-refractivity contribution in [1.29, 1.82) is 0 Å². The Morgan fingerprint density at radius 3 is 2.16 bits per heavy atom. The number of halogens is 1. The third-order valence-electron chi connectivity index (χ3n) is 8.28. The number of benzene rings is 3. The van der Waals surface area contributed by atoms with Crippen molar-refractivity contribution < 1.29 is 33.4 Å². The molecule has 49 heavy (non-hydrogen) atoms. The molecule has 1 saturated carbocycles. The van der Waals surface area contributed by atoms with Crippen molar-refractivity contribution in [2.24, 2.45) is 11.8 Å². The molecule has 3 amide bonds. The summed E-state index contributed by atoms with van der Waals surface area (Å²) in [6.45, 7) is 8.08. The largest absolute Gasteiger partial charge is 0.514 e. The van der Waals surface area contributed by atoms with Crippen LogP contribution < -0.4 is 20.7 Å². The van der Waals surface area contributed by atoms with Crippen molar-refractivity contribution in [1.82, 2.24) is 10.6 Å². The van der Waals surface area contributed by atoms with Crippen molar-refractivity contribution in [3.8, 4) is 5.75 Å². The van der Waals surface area contributed by atoms with E-state index in [0.29, 0.717) is 30.8 Å². The molecule has 4 rings (SSSR count). The summed E-state index contributed by atoms with van der Waals surface area (Å²) in [6, 6.07) is 21.0. The summed E-state index contributed by atoms with van der Waals surface area (Å²) in [7, 11) is 0. The topological polar surface area (TPSA) is 132 Å². The van der Waals surface area contributed by atoms with Crippen LogP contribution in [-0.2, 0) is 38.5 Å². The Balaban J connectivity index is 1.34. The smallest absolute Gasteiger partial charge is 0.444 e. The van der Waals surface area contributed by atoms with Gasteiger partial charge in [0.2, 0.25) is 11.8 Å². The average Bonchev–Trinajstić information content (AvgIpc) is 3.07. The van der Waals surface area contributed by atoms with E-state index in [1.165, 1.54) is 0 Å². The van der Waals surface area contributed by atoms with Gasteiger partial charge in [-0.3, -0.25) is 9.59 Å². The highest BCUT2D eigenvalue weighted by molar-refractivity contribution is 9.10. The fourth-order valence-electron chi connectivity index (χ4n) is 5.53. The number of nitrogens with one attached hydrogen (secondary N) is 3. The lowest BCUT2D eigenvalue weighted by atomic mass is 9.81. The zero-order chi connectivity index (χ0) is 35.4. The van der Waals surface area contributed by atoms with Crippen LogP contribution in [-0.4, -0.2) is 42.3 Å². The molecule has 1 aliphatic rings. The number of amides is 3. The number of anilines is 1. The van der Waals surface area contributed by atoms with Crippen molar-refractivity contribution in [2.75, 3.05) is 11.9 Å². The van der Waals surface area contributed by atoms with Gasteiger partial charge in [0.25, 0.3) is 0 Å². The summed E-state index contributed by atoms with van der Waals surface area (Å²) in [5, 5.41) is 8.78. The Hall–Kier alpha value is -4.38. The molecular formula is C38H46BrN3O7. The van der Waals surface area contributed by atoms with Crippen LogP contribution in [0, 0.1) is 11.8 Å². The van der Waals surface area contributed by atoms with E-state index in [1.54, 1.807) is 24.3 Å². The lowest BCUT2D eigenvalue weighted by Gasteiger charge is -2.29. The minimum absolute atomic E-state index is 0.0562. The van der Waals surface area contributed by atoms with Gasteiger partial charge in [0, 0.05) is 34.6 Å². The van der Waals surface area contributed by atoms with Crippen LogP contribution in [0.4, 0.5) is 15.3 Å². The van der Waals surface area contributed by atoms with E-state index < -0.39 is 23.9 Å². The maximum Gasteiger partial charge on any atom is 0.514 e. The fraction of sp³-hybridized carbons (Fsp3) is 0.421. The summed E-state index contributed by atoms with van der Waals surface area (Å²) < 4.78 is 16.7. The standard InChI is InChI=1S/C38H46BrN3O7/c1-5-25-12-18-30(19-13-25)41-35(44)33(42-34(43)28-16-10-27(11-17-28)23-40-36(45)49-38(2,3)4)22-26-14-20-31(21-15-26)48-37(46)47-24-29-8-6-7-9-32(29)39/h6-9,12-15,18-21,27-28,33H,5,10-11,16-17,22-24H2,1-4H3,(H,40,45)(H,41,44)(H,42,43)/t27?,28?,33-/m0/s1. The van der Waals surface area contributed by atoms with Crippen molar-refractivity contribution in [2.45, 2.75) is 84.5 Å². The molecule has 11 heteroatoms. The first-order valence-electron chi connectivity index (χ1n) is 16.7. The van der Waals surface area contributed by atoms with E-state index in [2.05, 4.69) is 38.8 Å². The first-order chi connectivity index (χ1) is 23.4. The van der Waals surface area contributed by atoms with Crippen LogP contribution in [0.15, 0.2) is 77.3 Å². The third-order valence-corrected chi connectivity index (χ3v) is 9.06. The Morgan fingerprint density at radius 1 is 0.878 bits per heavy atom. The Kier molecular flexibility index (Phi) is 13.6. The van der Waals surface area contributed by atoms with Gasteiger partial charge < -0.3 is 30.2 Å². The molecule has 1 aliphatic carbocycles. The van der Waals surface area contributed by atoms with Crippen LogP contribution in [0.2, 0.25) is 0 Å². The van der Waals surface area contributed by atoms with Crippen molar-refractivity contribution in [3.63, 3.8) is 0 Å². The average molecular weight is 737 g/mol. The molecule has 1 fully saturated rings. The maximum atomic E-state index is 13.5. The highest BCUT2D eigenvalue weighted by Gasteiger charge is 2.30. The van der Waals surface area contributed by atoms with Gasteiger partial charge in [0.1, 0.15) is 24.0 Å². The molecule has 1 atom stereocenters. The van der Waals surface area contributed by atoms with Gasteiger partial charge in [-0.05, 0) is 100 Å². The molecule has 0 aromatic heterocycles. The summed E-state index contributed by atoms with van der Waals surface area (Å²) in [6.07, 6.45) is 2.70. The molecule has 3 aromatic rings. The highest BCUT2D eigenvalue weighted by Crippen LogP contribution is 2.29. The fourth-order valence-corrected chi connectivity index (χ4v) is 5.93. The predicted molar refractivity (Wildman–Crippen MR) is 191 cm³/mol. The molecule has 0 aliphatic heterocycles. The number of aryl methyl sites for hydroxylation is 1. The van der Waals surface area contributed by atoms with Gasteiger partial charge in [0.15, 0.2) is 0 Å². The van der Waals surface area contributed by atoms with E-state index in [1.807, 2.05) is 69.3 Å². The second kappa shape index (κ2) is 17.9. The minimum Gasteiger partial charge on any atom is -0.444 e. The molecule has 0 unspecified atom stereocenters. The lowest BCUT2D eigenvalue weighted by molar-refractivity contribution is -0.130. The number of hydrogen-bond donors (Lipinski definition) is 3. The number of rotatable bonds is 12. The van der Waals surface area contributed by atoms with Gasteiger partial charge in [0.05, 0.1) is 0 Å². The van der Waals surface area contributed by atoms with Crippen LogP contribution >= 0.6 is 15.9 Å². The number of alkyl carbamates (subject to hydrolysis) is 1. The van der Waals surface area contributed by atoms with Crippen LogP contribution in [0.25, 0.3) is 0 Å². The van der Waals surface area contributed by atoms with Gasteiger partial charge in [-0.25, -0.2) is 9.59 Å². The predicted octanol–water partition coefficient (Wildman–Crippen LogP) is 7.72. The maximum absolute atomic E-state index is 13.5. The van der Waals surface area contributed by atoms with Gasteiger partial charge >= 0.3 is 12.2 Å². The summed E-state index contributed by atoms with van der Waals surface area (Å²) in [5.41, 5.74) is 2.81. The lowest BCUT2D eigenvalue weighted by Crippen LogP contribution is -2.48. The first-order valence-corrected chi connectivity index (χ1v) is 17.5. The Bertz CT molecular complexity index is 1560. The molecule has 3 N–H and O–H groups in total. The zero-order valence-corrected chi connectivity index (χ0v) is 30.1. The monoisotopic (exact) mass is 735 g/mol. The van der Waals surface area contributed by atoms with Gasteiger partial charge in [-0.1, -0.05) is 65.3 Å². The molecule has 0 spiro atoms. The SMILES string of the molecule is CCc1ccc(NC(=O)[C@H](Cc2ccc(OC(=O)OCc3ccccc3Br)cc2)NC(=O)C2CCC(CNC(=O)OC(C)(C)C)CC2)cc1. The Morgan fingerprint density at radius 2 is 1.53 bits per heavy atom. The van der Waals surface area contributed by atoms with Crippen molar-refractivity contribution in [3.05, 3.63) is 94.0 Å². The van der Waals surface area contributed by atoms with Crippen molar-refractivity contribution >= 4 is 45.7 Å². The van der Waals surface area contributed by atoms with E-state index in [4.69, 9.17) is 14.2 Å². The highest BCUT2D eigenvalue weighted by atomic mass is 79.9. The molecular weight excluding hydrogens is 690 g/mol. The summed E-state index contributed by atoms with van der Waals surface area (Å²) >= 11 is 3.43. The second-order valence-corrected chi connectivity index (χ2v) is 14.1. The number of ether oxygens (including phenoxy) is 3. The first kappa shape index (κ1) is 37.4. The Labute approximate surface area is 296 Å². The van der Waals surface area contributed by atoms with Crippen LogP contribution in [0.1, 0.15) is 70.1 Å². The molecule has 0 heterocycles. The summed E-state index contributed by atoms with van der Waals surface area (Å²) in [5.74, 6) is -0.202. The molecule has 3 aromatic carbocycles.